The van der Waals surface area contributed by atoms with Crippen molar-refractivity contribution in [3.8, 4) is 17.2 Å². The second-order valence-corrected chi connectivity index (χ2v) is 9.33. The zero-order valence-electron chi connectivity index (χ0n) is 22.6. The van der Waals surface area contributed by atoms with E-state index in [2.05, 4.69) is 4.98 Å². The van der Waals surface area contributed by atoms with E-state index in [4.69, 9.17) is 18.9 Å². The predicted molar refractivity (Wildman–Crippen MR) is 155 cm³/mol. The molecule has 6 heteroatoms. The lowest BCUT2D eigenvalue weighted by Crippen LogP contribution is -2.11. The zero-order valence-corrected chi connectivity index (χ0v) is 22.6. The first-order valence-electron chi connectivity index (χ1n) is 13.3. The third-order valence-corrected chi connectivity index (χ3v) is 6.34. The summed E-state index contributed by atoms with van der Waals surface area (Å²) in [6, 6.07) is 33.2. The molecule has 0 radical (unpaired) electrons. The number of aryl methyl sites for hydroxylation is 1. The number of carbonyl (C=O) groups excluding carboxylic acids is 1. The Morgan fingerprint density at radius 3 is 2.30 bits per heavy atom. The number of rotatable bonds is 11. The molecule has 0 aliphatic heterocycles. The van der Waals surface area contributed by atoms with Gasteiger partial charge in [0, 0.05) is 11.5 Å². The minimum absolute atomic E-state index is 0.236. The molecule has 0 unspecified atom stereocenters. The lowest BCUT2D eigenvalue weighted by atomic mass is 10.1. The quantitative estimate of drug-likeness (QED) is 0.164. The van der Waals surface area contributed by atoms with Crippen molar-refractivity contribution in [1.29, 1.82) is 0 Å². The van der Waals surface area contributed by atoms with Crippen molar-refractivity contribution in [3.05, 3.63) is 131 Å². The normalized spacial score (nSPS) is 10.8. The highest BCUT2D eigenvalue weighted by Crippen LogP contribution is 2.31. The van der Waals surface area contributed by atoms with Crippen LogP contribution in [0.3, 0.4) is 0 Å². The van der Waals surface area contributed by atoms with Crippen molar-refractivity contribution in [2.24, 2.45) is 0 Å². The average Bonchev–Trinajstić information content (AvgIpc) is 2.98. The van der Waals surface area contributed by atoms with Crippen molar-refractivity contribution in [3.63, 3.8) is 0 Å². The van der Waals surface area contributed by atoms with E-state index in [1.807, 2.05) is 104 Å². The van der Waals surface area contributed by atoms with Crippen molar-refractivity contribution in [2.45, 2.75) is 33.7 Å². The Morgan fingerprint density at radius 2 is 1.45 bits per heavy atom. The van der Waals surface area contributed by atoms with Crippen LogP contribution >= 0.6 is 0 Å². The van der Waals surface area contributed by atoms with Gasteiger partial charge in [-0.3, -0.25) is 0 Å². The molecule has 0 amide bonds. The largest absolute Gasteiger partial charge is 0.489 e. The van der Waals surface area contributed by atoms with Crippen LogP contribution in [0, 0.1) is 6.92 Å². The van der Waals surface area contributed by atoms with Gasteiger partial charge < -0.3 is 18.9 Å². The SMILES string of the molecule is CCOC(=O)c1c(C)cc(OCc2ccccc2)cc1OCc1cccc(OCc2ccc3ccccc3n2)c1. The molecule has 1 aromatic heterocycles. The monoisotopic (exact) mass is 533 g/mol. The van der Waals surface area contributed by atoms with Gasteiger partial charge in [-0.2, -0.15) is 0 Å². The number of hydrogen-bond acceptors (Lipinski definition) is 6. The van der Waals surface area contributed by atoms with E-state index in [1.165, 1.54) is 0 Å². The number of aromatic nitrogens is 1. The Morgan fingerprint density at radius 1 is 0.700 bits per heavy atom. The Balaban J connectivity index is 1.29. The van der Waals surface area contributed by atoms with E-state index in [1.54, 1.807) is 13.0 Å². The summed E-state index contributed by atoms with van der Waals surface area (Å²) >= 11 is 0. The standard InChI is InChI=1S/C34H31NO5/c1-3-37-34(36)33-24(2)18-30(38-21-25-10-5-4-6-11-25)20-32(33)40-22-26-12-9-14-29(19-26)39-23-28-17-16-27-13-7-8-15-31(27)35-28/h4-20H,3,21-23H2,1-2H3. The molecule has 40 heavy (non-hydrogen) atoms. The number of esters is 1. The summed E-state index contributed by atoms with van der Waals surface area (Å²) in [5.74, 6) is 1.31. The zero-order chi connectivity index (χ0) is 27.7. The smallest absolute Gasteiger partial charge is 0.342 e. The molecule has 0 saturated heterocycles. The minimum Gasteiger partial charge on any atom is -0.489 e. The number of carbonyl (C=O) groups is 1. The van der Waals surface area contributed by atoms with Gasteiger partial charge in [0.05, 0.1) is 17.8 Å². The lowest BCUT2D eigenvalue weighted by molar-refractivity contribution is 0.0520. The number of ether oxygens (including phenoxy) is 4. The summed E-state index contributed by atoms with van der Waals surface area (Å²) in [5.41, 5.74) is 4.85. The Hall–Kier alpha value is -4.84. The fourth-order valence-electron chi connectivity index (χ4n) is 4.36. The molecule has 6 nitrogen and oxygen atoms in total. The van der Waals surface area contributed by atoms with Gasteiger partial charge >= 0.3 is 5.97 Å². The maximum atomic E-state index is 12.8. The molecular formula is C34H31NO5. The highest BCUT2D eigenvalue weighted by molar-refractivity contribution is 5.94. The molecule has 0 bridgehead atoms. The molecular weight excluding hydrogens is 502 g/mol. The van der Waals surface area contributed by atoms with Gasteiger partial charge in [0.15, 0.2) is 0 Å². The molecule has 0 atom stereocenters. The second kappa shape index (κ2) is 12.8. The number of pyridine rings is 1. The summed E-state index contributed by atoms with van der Waals surface area (Å²) in [6.07, 6.45) is 0. The first-order chi connectivity index (χ1) is 19.6. The molecule has 5 rings (SSSR count). The third kappa shape index (κ3) is 6.77. The fourth-order valence-corrected chi connectivity index (χ4v) is 4.36. The van der Waals surface area contributed by atoms with Crippen LogP contribution in [0.5, 0.6) is 17.2 Å². The second-order valence-electron chi connectivity index (χ2n) is 9.33. The van der Waals surface area contributed by atoms with Gasteiger partial charge in [0.25, 0.3) is 0 Å². The van der Waals surface area contributed by atoms with Gasteiger partial charge in [-0.25, -0.2) is 9.78 Å². The van der Waals surface area contributed by atoms with Crippen LogP contribution in [-0.4, -0.2) is 17.6 Å². The fraction of sp³-hybridized carbons (Fsp3) is 0.176. The average molecular weight is 534 g/mol. The molecule has 1 heterocycles. The summed E-state index contributed by atoms with van der Waals surface area (Å²) in [7, 11) is 0. The van der Waals surface area contributed by atoms with Crippen LogP contribution in [0.25, 0.3) is 10.9 Å². The van der Waals surface area contributed by atoms with Gasteiger partial charge in [-0.15, -0.1) is 0 Å². The van der Waals surface area contributed by atoms with Crippen LogP contribution in [0.15, 0.2) is 103 Å². The van der Waals surface area contributed by atoms with Crippen molar-refractivity contribution < 1.29 is 23.7 Å². The first-order valence-corrected chi connectivity index (χ1v) is 13.3. The molecule has 4 aromatic carbocycles. The van der Waals surface area contributed by atoms with Crippen molar-refractivity contribution in [1.82, 2.24) is 4.98 Å². The maximum absolute atomic E-state index is 12.8. The molecule has 0 spiro atoms. The molecule has 202 valence electrons. The number of fused-ring (bicyclic) bond motifs is 1. The topological polar surface area (TPSA) is 66.9 Å². The van der Waals surface area contributed by atoms with Gasteiger partial charge in [-0.1, -0.05) is 66.7 Å². The number of nitrogens with zero attached hydrogens (tertiary/aromatic N) is 1. The minimum atomic E-state index is -0.426. The summed E-state index contributed by atoms with van der Waals surface area (Å²) in [4.78, 5) is 17.5. The number of hydrogen-bond donors (Lipinski definition) is 0. The van der Waals surface area contributed by atoms with Gasteiger partial charge in [0.2, 0.25) is 0 Å². The van der Waals surface area contributed by atoms with E-state index >= 15 is 0 Å². The first kappa shape index (κ1) is 26.8. The van der Waals surface area contributed by atoms with E-state index in [0.717, 1.165) is 33.3 Å². The van der Waals surface area contributed by atoms with E-state index in [-0.39, 0.29) is 13.2 Å². The Labute approximate surface area is 234 Å². The van der Waals surface area contributed by atoms with Crippen LogP contribution in [0.2, 0.25) is 0 Å². The lowest BCUT2D eigenvalue weighted by Gasteiger charge is -2.16. The maximum Gasteiger partial charge on any atom is 0.342 e. The van der Waals surface area contributed by atoms with E-state index in [9.17, 15) is 4.79 Å². The van der Waals surface area contributed by atoms with E-state index in [0.29, 0.717) is 36.0 Å². The van der Waals surface area contributed by atoms with Crippen molar-refractivity contribution in [2.75, 3.05) is 6.61 Å². The summed E-state index contributed by atoms with van der Waals surface area (Å²) < 4.78 is 23.5. The van der Waals surface area contributed by atoms with Crippen LogP contribution in [0.4, 0.5) is 0 Å². The highest BCUT2D eigenvalue weighted by Gasteiger charge is 2.19. The number of para-hydroxylation sites is 1. The molecule has 0 N–H and O–H groups in total. The Bertz CT molecular complexity index is 1600. The third-order valence-electron chi connectivity index (χ3n) is 6.34. The molecule has 0 saturated carbocycles. The van der Waals surface area contributed by atoms with Gasteiger partial charge in [0.1, 0.15) is 42.6 Å². The number of benzene rings is 4. The summed E-state index contributed by atoms with van der Waals surface area (Å²) in [6.45, 7) is 4.90. The van der Waals surface area contributed by atoms with E-state index < -0.39 is 5.97 Å². The highest BCUT2D eigenvalue weighted by atomic mass is 16.5. The van der Waals surface area contributed by atoms with Crippen molar-refractivity contribution >= 4 is 16.9 Å². The van der Waals surface area contributed by atoms with Crippen LogP contribution in [-0.2, 0) is 24.6 Å². The Kier molecular flexibility index (Phi) is 8.57. The summed E-state index contributed by atoms with van der Waals surface area (Å²) in [5, 5.41) is 1.09. The van der Waals surface area contributed by atoms with Crippen LogP contribution < -0.4 is 14.2 Å². The van der Waals surface area contributed by atoms with Gasteiger partial charge in [-0.05, 0) is 60.9 Å². The molecule has 5 aromatic rings. The molecule has 0 aliphatic rings. The molecule has 0 fully saturated rings. The predicted octanol–water partition coefficient (Wildman–Crippen LogP) is 7.46. The van der Waals surface area contributed by atoms with Crippen LogP contribution in [0.1, 0.15) is 39.7 Å². The molecule has 0 aliphatic carbocycles.